The lowest BCUT2D eigenvalue weighted by Crippen LogP contribution is -2.37. The number of rotatable bonds is 4. The van der Waals surface area contributed by atoms with Crippen molar-refractivity contribution in [1.29, 1.82) is 10.5 Å². The number of hydrogen-bond donors (Lipinski definition) is 3. The molecule has 16 heteroatoms. The van der Waals surface area contributed by atoms with Crippen molar-refractivity contribution in [2.24, 2.45) is 5.73 Å². The van der Waals surface area contributed by atoms with E-state index in [-0.39, 0.29) is 31.7 Å². The monoisotopic (exact) mass is 829 g/mol. The third-order valence-corrected chi connectivity index (χ3v) is 10.3. The summed E-state index contributed by atoms with van der Waals surface area (Å²) >= 11 is 0. The Kier molecular flexibility index (Phi) is 12.0. The van der Waals surface area contributed by atoms with E-state index in [0.29, 0.717) is 68.5 Å². The van der Waals surface area contributed by atoms with Gasteiger partial charge in [0.1, 0.15) is 0 Å². The summed E-state index contributed by atoms with van der Waals surface area (Å²) in [4.78, 5) is 51.2. The zero-order chi connectivity index (χ0) is 43.6. The zero-order valence-electron chi connectivity index (χ0n) is 33.0. The second kappa shape index (κ2) is 17.1. The largest absolute Gasteiger partial charge is 0.464 e. The van der Waals surface area contributed by atoms with Crippen molar-refractivity contribution >= 4 is 45.5 Å². The van der Waals surface area contributed by atoms with Gasteiger partial charge in [0, 0.05) is 61.9 Å². The van der Waals surface area contributed by atoms with Crippen molar-refractivity contribution in [1.82, 2.24) is 29.4 Å². The normalized spacial score (nSPS) is 17.7. The van der Waals surface area contributed by atoms with E-state index in [1.54, 1.807) is 108 Å². The second-order valence-electron chi connectivity index (χ2n) is 14.3. The number of ether oxygens (including phenoxy) is 1. The molecule has 0 radical (unpaired) electrons. The molecule has 0 aliphatic carbocycles. The number of nitrogens with two attached hydrogens (primary N) is 1. The van der Waals surface area contributed by atoms with Gasteiger partial charge in [-0.2, -0.15) is 20.7 Å². The highest BCUT2D eigenvalue weighted by Crippen LogP contribution is 2.27. The Morgan fingerprint density at radius 1 is 0.694 bits per heavy atom. The molecule has 6 aromatic rings. The maximum absolute atomic E-state index is 12.2. The van der Waals surface area contributed by atoms with Crippen molar-refractivity contribution in [3.63, 3.8) is 0 Å². The fraction of sp³-hybridized carbons (Fsp3) is 0.217. The number of aromatic nitrogens is 4. The lowest BCUT2D eigenvalue weighted by Gasteiger charge is -2.13. The number of carbonyl (C=O) groups is 4. The molecule has 2 saturated heterocycles. The van der Waals surface area contributed by atoms with Crippen LogP contribution in [0.2, 0.25) is 0 Å². The molecule has 2 aliphatic rings. The molecule has 16 nitrogen and oxygen atoms in total. The Morgan fingerprint density at radius 3 is 1.52 bits per heavy atom. The van der Waals surface area contributed by atoms with Gasteiger partial charge in [0.05, 0.1) is 52.8 Å². The van der Waals surface area contributed by atoms with Crippen LogP contribution in [0.1, 0.15) is 63.5 Å². The molecule has 3 amide bonds. The number of likely N-dealkylation sites (N-methyl/N-ethyl adjacent to an activating group) is 2. The van der Waals surface area contributed by atoms with E-state index in [9.17, 15) is 34.7 Å². The van der Waals surface area contributed by atoms with E-state index in [1.165, 1.54) is 16.9 Å². The number of carbonyl (C=O) groups excluding carboxylic acids is 4. The number of aliphatic hydroxyl groups is 2. The van der Waals surface area contributed by atoms with Gasteiger partial charge in [0.25, 0.3) is 17.7 Å². The lowest BCUT2D eigenvalue weighted by molar-refractivity contribution is -0.138. The van der Waals surface area contributed by atoms with E-state index in [4.69, 9.17) is 15.7 Å². The highest BCUT2D eigenvalue weighted by atomic mass is 16.5. The summed E-state index contributed by atoms with van der Waals surface area (Å²) in [5.74, 6) is 8.97. The van der Waals surface area contributed by atoms with Crippen LogP contribution in [0.5, 0.6) is 0 Å². The Morgan fingerprint density at radius 2 is 1.13 bits per heavy atom. The molecule has 2 aliphatic heterocycles. The highest BCUT2D eigenvalue weighted by Gasteiger charge is 2.43. The number of esters is 1. The maximum atomic E-state index is 12.2. The summed E-state index contributed by atoms with van der Waals surface area (Å²) in [5.41, 5.74) is 6.66. The number of nitrogens with zero attached hydrogens (tertiary/aromatic N) is 8. The number of benzene rings is 4. The second-order valence-corrected chi connectivity index (χ2v) is 14.3. The van der Waals surface area contributed by atoms with Crippen LogP contribution >= 0.6 is 0 Å². The molecule has 2 aromatic heterocycles. The first-order chi connectivity index (χ1) is 29.2. The minimum absolute atomic E-state index is 0. The molecule has 2 fully saturated rings. The molecule has 0 spiro atoms. The van der Waals surface area contributed by atoms with Crippen molar-refractivity contribution in [3.8, 4) is 47.2 Å². The highest BCUT2D eigenvalue weighted by molar-refractivity contribution is 6.05. The van der Waals surface area contributed by atoms with Crippen molar-refractivity contribution in [2.75, 3.05) is 34.3 Å². The number of amides is 3. The first kappa shape index (κ1) is 43.3. The summed E-state index contributed by atoms with van der Waals surface area (Å²) in [7, 11) is 4.52. The summed E-state index contributed by atoms with van der Waals surface area (Å²) < 4.78 is 7.95. The van der Waals surface area contributed by atoms with Gasteiger partial charge in [-0.25, -0.2) is 14.2 Å². The molecule has 4 N–H and O–H groups in total. The molecule has 8 rings (SSSR count). The van der Waals surface area contributed by atoms with Crippen LogP contribution in [0.4, 0.5) is 0 Å². The predicted octanol–water partition coefficient (Wildman–Crippen LogP) is 3.21. The minimum atomic E-state index is -1.69. The smallest absolute Gasteiger partial charge is 0.359 e. The molecule has 2 atom stereocenters. The van der Waals surface area contributed by atoms with Crippen LogP contribution in [0.25, 0.3) is 33.2 Å². The van der Waals surface area contributed by atoms with Crippen molar-refractivity contribution in [2.45, 2.75) is 31.5 Å². The maximum Gasteiger partial charge on any atom is 0.359 e. The van der Waals surface area contributed by atoms with Gasteiger partial charge in [-0.05, 0) is 72.8 Å². The third kappa shape index (κ3) is 8.16. The van der Waals surface area contributed by atoms with Crippen molar-refractivity contribution < 1.29 is 34.1 Å². The Hall–Kier alpha value is -8.28. The van der Waals surface area contributed by atoms with Gasteiger partial charge in [0.2, 0.25) is 11.2 Å². The first-order valence-electron chi connectivity index (χ1n) is 18.7. The first-order valence-corrected chi connectivity index (χ1v) is 18.7. The molecule has 0 bridgehead atoms. The van der Waals surface area contributed by atoms with Crippen LogP contribution in [0.3, 0.4) is 0 Å². The number of nitriles is 2. The van der Waals surface area contributed by atoms with E-state index >= 15 is 0 Å². The molecular weight excluding hydrogens is 791 g/mol. The van der Waals surface area contributed by atoms with Crippen LogP contribution in [0.15, 0.2) is 84.9 Å². The molecule has 0 unspecified atom stereocenters. The summed E-state index contributed by atoms with van der Waals surface area (Å²) in [6.45, 7) is 0.897. The van der Waals surface area contributed by atoms with E-state index in [0.717, 1.165) is 0 Å². The Bertz CT molecular complexity index is 3040. The summed E-state index contributed by atoms with van der Waals surface area (Å²) in [6, 6.07) is 28.0. The van der Waals surface area contributed by atoms with Crippen molar-refractivity contribution in [3.05, 3.63) is 119 Å². The van der Waals surface area contributed by atoms with Gasteiger partial charge in [-0.3, -0.25) is 14.4 Å². The van der Waals surface area contributed by atoms with Gasteiger partial charge in [-0.15, -0.1) is 0 Å². The topological polar surface area (TPSA) is 234 Å². The lowest BCUT2D eigenvalue weighted by atomic mass is 10.0. The van der Waals surface area contributed by atoms with Crippen LogP contribution in [-0.4, -0.2) is 109 Å². The zero-order valence-corrected chi connectivity index (χ0v) is 33.0. The number of methoxy groups -OCH3 is 1. The Labute approximate surface area is 355 Å². The van der Waals surface area contributed by atoms with E-state index in [2.05, 4.69) is 39.9 Å². The van der Waals surface area contributed by atoms with Crippen LogP contribution < -0.4 is 5.73 Å². The predicted molar refractivity (Wildman–Crippen MR) is 226 cm³/mol. The van der Waals surface area contributed by atoms with Crippen LogP contribution in [-0.2, 0) is 14.3 Å². The van der Waals surface area contributed by atoms with E-state index in [1.807, 2.05) is 6.07 Å². The minimum Gasteiger partial charge on any atom is -0.464 e. The molecule has 310 valence electrons. The molecular formula is C46H39N9O7. The van der Waals surface area contributed by atoms with Gasteiger partial charge >= 0.3 is 5.97 Å². The standard InChI is InChI=1S/C23H18N4O4.C22H17N5O3.CH4/c1-26-11-10-23(30,22(26)29)9-8-15-4-3-5-17(12-15)27-19-7-6-16(14-24)13-18(19)20(25-27)21(28)31-2;1-26-10-9-22(30,21(26)29)8-7-14-3-2-4-16(11-14)27-18-6-5-15(13-23)12-17(18)19(25-27)20(24)28;/h3-7,12-13,30H,10-11H2,1-2H3;2-6,11-12,30H,9-10H2,1H3,(H2,24,28);1H4/t23-;22-;/m00./s1. The van der Waals surface area contributed by atoms with E-state index < -0.39 is 34.9 Å². The van der Waals surface area contributed by atoms with Gasteiger partial charge < -0.3 is 30.5 Å². The summed E-state index contributed by atoms with van der Waals surface area (Å²) in [6.07, 6.45) is 0.505. The fourth-order valence-electron chi connectivity index (χ4n) is 6.92. The van der Waals surface area contributed by atoms with Crippen LogP contribution in [0, 0.1) is 46.3 Å². The summed E-state index contributed by atoms with van der Waals surface area (Å²) in [5, 5.41) is 49.0. The third-order valence-electron chi connectivity index (χ3n) is 10.3. The number of likely N-dealkylation sites (tertiary alicyclic amines) is 2. The molecule has 4 aromatic carbocycles. The Balaban J connectivity index is 0.000000204. The number of fused-ring (bicyclic) bond motifs is 2. The molecule has 4 heterocycles. The average Bonchev–Trinajstić information content (AvgIpc) is 4.00. The molecule has 62 heavy (non-hydrogen) atoms. The SMILES string of the molecule is C.CN1CC[C@@](O)(C#Cc2cccc(-n3nc(C(N)=O)c4cc(C#N)ccc43)c2)C1=O.COC(=O)c1nn(-c2cccc(C#C[C@]3(O)CCN(C)C3=O)c2)c2ccc(C#N)cc12. The fourth-order valence-corrected chi connectivity index (χ4v) is 6.92. The quantitative estimate of drug-likeness (QED) is 0.172. The number of hydrogen-bond acceptors (Lipinski definition) is 11. The number of primary amides is 1. The average molecular weight is 830 g/mol. The van der Waals surface area contributed by atoms with Gasteiger partial charge in [-0.1, -0.05) is 43.2 Å². The molecule has 0 saturated carbocycles. The van der Waals surface area contributed by atoms with Gasteiger partial charge in [0.15, 0.2) is 11.4 Å².